The topological polar surface area (TPSA) is 55.0 Å². The van der Waals surface area contributed by atoms with Crippen LogP contribution in [0.3, 0.4) is 0 Å². The summed E-state index contributed by atoms with van der Waals surface area (Å²) in [5, 5.41) is 0. The van der Waals surface area contributed by atoms with Crippen LogP contribution >= 0.6 is 0 Å². The Bertz CT molecular complexity index is 359. The van der Waals surface area contributed by atoms with Gasteiger partial charge in [0.2, 0.25) is 0 Å². The van der Waals surface area contributed by atoms with E-state index in [-0.39, 0.29) is 24.6 Å². The van der Waals surface area contributed by atoms with E-state index >= 15 is 0 Å². The fourth-order valence-electron chi connectivity index (χ4n) is 1.47. The molecule has 2 N–H and O–H groups in total. The van der Waals surface area contributed by atoms with Crippen molar-refractivity contribution < 1.29 is 13.2 Å². The fourth-order valence-corrected chi connectivity index (χ4v) is 1.47. The second-order valence-corrected chi connectivity index (χ2v) is 3.44. The van der Waals surface area contributed by atoms with Crippen molar-refractivity contribution >= 4 is 5.82 Å². The Morgan fingerprint density at radius 2 is 2.12 bits per heavy atom. The molecule has 7 heteroatoms. The van der Waals surface area contributed by atoms with Crippen molar-refractivity contribution in [3.8, 4) is 0 Å². The highest BCUT2D eigenvalue weighted by Gasteiger charge is 2.19. The van der Waals surface area contributed by atoms with E-state index in [9.17, 15) is 13.2 Å². The minimum absolute atomic E-state index is 0.109. The number of alkyl halides is 2. The van der Waals surface area contributed by atoms with Gasteiger partial charge in [-0.2, -0.15) is 0 Å². The predicted molar refractivity (Wildman–Crippen MR) is 58.6 cm³/mol. The van der Waals surface area contributed by atoms with Gasteiger partial charge in [-0.1, -0.05) is 6.92 Å². The van der Waals surface area contributed by atoms with Crippen LogP contribution in [0, 0.1) is 5.82 Å². The van der Waals surface area contributed by atoms with Gasteiger partial charge >= 0.3 is 0 Å². The third kappa shape index (κ3) is 3.55. The Kier molecular flexibility index (Phi) is 5.14. The molecular formula is C10H15F3N4. The SMILES string of the molecule is CCc1ncnc(N(CCN)CC(F)F)c1F. The number of halogens is 3. The van der Waals surface area contributed by atoms with Crippen molar-refractivity contribution in [2.75, 3.05) is 24.5 Å². The van der Waals surface area contributed by atoms with Crippen LogP contribution in [0.15, 0.2) is 6.33 Å². The lowest BCUT2D eigenvalue weighted by molar-refractivity contribution is 0.154. The molecule has 0 atom stereocenters. The molecule has 0 aromatic carbocycles. The van der Waals surface area contributed by atoms with Crippen LogP contribution in [0.2, 0.25) is 0 Å². The van der Waals surface area contributed by atoms with Crippen LogP contribution in [-0.4, -0.2) is 36.0 Å². The van der Waals surface area contributed by atoms with Crippen molar-refractivity contribution in [3.05, 3.63) is 17.8 Å². The van der Waals surface area contributed by atoms with Gasteiger partial charge in [0.1, 0.15) is 6.33 Å². The minimum atomic E-state index is -2.57. The third-order valence-corrected chi connectivity index (χ3v) is 2.24. The number of aromatic nitrogens is 2. The van der Waals surface area contributed by atoms with Gasteiger partial charge in [-0.25, -0.2) is 23.1 Å². The predicted octanol–water partition coefficient (Wildman–Crippen LogP) is 1.21. The summed E-state index contributed by atoms with van der Waals surface area (Å²) in [6.07, 6.45) is -1.01. The highest BCUT2D eigenvalue weighted by atomic mass is 19.3. The molecular weight excluding hydrogens is 233 g/mol. The molecule has 0 fully saturated rings. The molecule has 0 radical (unpaired) electrons. The smallest absolute Gasteiger partial charge is 0.255 e. The number of aryl methyl sites for hydroxylation is 1. The maximum absolute atomic E-state index is 13.8. The van der Waals surface area contributed by atoms with Gasteiger partial charge in [-0.15, -0.1) is 0 Å². The van der Waals surface area contributed by atoms with E-state index in [2.05, 4.69) is 9.97 Å². The summed E-state index contributed by atoms with van der Waals surface area (Å²) in [4.78, 5) is 8.60. The summed E-state index contributed by atoms with van der Waals surface area (Å²) >= 11 is 0. The van der Waals surface area contributed by atoms with Gasteiger partial charge in [0.05, 0.1) is 12.2 Å². The summed E-state index contributed by atoms with van der Waals surface area (Å²) in [5.74, 6) is -0.758. The monoisotopic (exact) mass is 248 g/mol. The molecule has 0 aliphatic carbocycles. The van der Waals surface area contributed by atoms with E-state index in [0.29, 0.717) is 6.42 Å². The van der Waals surface area contributed by atoms with E-state index in [1.165, 1.54) is 6.33 Å². The highest BCUT2D eigenvalue weighted by molar-refractivity contribution is 5.41. The zero-order valence-corrected chi connectivity index (χ0v) is 9.54. The highest BCUT2D eigenvalue weighted by Crippen LogP contribution is 2.18. The molecule has 17 heavy (non-hydrogen) atoms. The van der Waals surface area contributed by atoms with Gasteiger partial charge < -0.3 is 10.6 Å². The first kappa shape index (κ1) is 13.7. The van der Waals surface area contributed by atoms with E-state index in [4.69, 9.17) is 5.73 Å². The summed E-state index contributed by atoms with van der Waals surface area (Å²) in [6, 6.07) is 0. The maximum Gasteiger partial charge on any atom is 0.255 e. The molecule has 1 aromatic rings. The Morgan fingerprint density at radius 3 is 2.65 bits per heavy atom. The van der Waals surface area contributed by atoms with E-state index in [1.54, 1.807) is 6.92 Å². The van der Waals surface area contributed by atoms with Crippen LogP contribution < -0.4 is 10.6 Å². The van der Waals surface area contributed by atoms with Gasteiger partial charge in [0.25, 0.3) is 6.43 Å². The van der Waals surface area contributed by atoms with Gasteiger partial charge in [0.15, 0.2) is 11.6 Å². The largest absolute Gasteiger partial charge is 0.347 e. The van der Waals surface area contributed by atoms with E-state index < -0.39 is 18.8 Å². The summed E-state index contributed by atoms with van der Waals surface area (Å²) in [6.45, 7) is 1.42. The quantitative estimate of drug-likeness (QED) is 0.822. The van der Waals surface area contributed by atoms with Gasteiger partial charge in [0, 0.05) is 13.1 Å². The Morgan fingerprint density at radius 1 is 1.41 bits per heavy atom. The van der Waals surface area contributed by atoms with Crippen LogP contribution in [0.1, 0.15) is 12.6 Å². The molecule has 0 bridgehead atoms. The van der Waals surface area contributed by atoms with E-state index in [1.807, 2.05) is 0 Å². The molecule has 0 saturated carbocycles. The lowest BCUT2D eigenvalue weighted by Crippen LogP contribution is -2.35. The molecule has 0 aliphatic heterocycles. The second-order valence-electron chi connectivity index (χ2n) is 3.44. The molecule has 96 valence electrons. The van der Waals surface area contributed by atoms with Crippen molar-refractivity contribution in [2.24, 2.45) is 5.73 Å². The van der Waals surface area contributed by atoms with Crippen LogP contribution in [0.5, 0.6) is 0 Å². The Hall–Kier alpha value is -1.37. The van der Waals surface area contributed by atoms with Crippen molar-refractivity contribution in [3.63, 3.8) is 0 Å². The number of nitrogens with zero attached hydrogens (tertiary/aromatic N) is 3. The first-order valence-electron chi connectivity index (χ1n) is 5.32. The Labute approximate surface area is 97.7 Å². The molecule has 0 spiro atoms. The average Bonchev–Trinajstić information content (AvgIpc) is 2.28. The first-order chi connectivity index (χ1) is 8.10. The average molecular weight is 248 g/mol. The summed E-state index contributed by atoms with van der Waals surface area (Å²) < 4.78 is 38.6. The molecule has 0 amide bonds. The normalized spacial score (nSPS) is 10.9. The number of hydrogen-bond acceptors (Lipinski definition) is 4. The third-order valence-electron chi connectivity index (χ3n) is 2.24. The molecule has 0 aliphatic rings. The molecule has 0 saturated heterocycles. The van der Waals surface area contributed by atoms with Crippen LogP contribution in [-0.2, 0) is 6.42 Å². The standard InChI is InChI=1S/C10H15F3N4/c1-2-7-9(13)10(16-6-15-7)17(4-3-14)5-8(11)12/h6,8H,2-5,14H2,1H3. The summed E-state index contributed by atoms with van der Waals surface area (Å²) in [7, 11) is 0. The first-order valence-corrected chi connectivity index (χ1v) is 5.32. The van der Waals surface area contributed by atoms with Crippen molar-refractivity contribution in [1.29, 1.82) is 0 Å². The fraction of sp³-hybridized carbons (Fsp3) is 0.600. The Balaban J connectivity index is 3.00. The van der Waals surface area contributed by atoms with Gasteiger partial charge in [-0.3, -0.25) is 0 Å². The molecule has 1 rings (SSSR count). The van der Waals surface area contributed by atoms with Gasteiger partial charge in [-0.05, 0) is 6.42 Å². The zero-order valence-electron chi connectivity index (χ0n) is 9.54. The lowest BCUT2D eigenvalue weighted by Gasteiger charge is -2.23. The number of nitrogens with two attached hydrogens (primary N) is 1. The number of anilines is 1. The molecule has 0 unspecified atom stereocenters. The molecule has 1 heterocycles. The molecule has 1 aromatic heterocycles. The van der Waals surface area contributed by atoms with Crippen molar-refractivity contribution in [1.82, 2.24) is 9.97 Å². The van der Waals surface area contributed by atoms with Crippen LogP contribution in [0.4, 0.5) is 19.0 Å². The lowest BCUT2D eigenvalue weighted by atomic mass is 10.3. The zero-order chi connectivity index (χ0) is 12.8. The second kappa shape index (κ2) is 6.39. The minimum Gasteiger partial charge on any atom is -0.347 e. The molecule has 4 nitrogen and oxygen atoms in total. The maximum atomic E-state index is 13.8. The van der Waals surface area contributed by atoms with E-state index in [0.717, 1.165) is 4.90 Å². The number of hydrogen-bond donors (Lipinski definition) is 1. The van der Waals surface area contributed by atoms with Crippen LogP contribution in [0.25, 0.3) is 0 Å². The summed E-state index contributed by atoms with van der Waals surface area (Å²) in [5.41, 5.74) is 5.52. The van der Waals surface area contributed by atoms with Crippen molar-refractivity contribution in [2.45, 2.75) is 19.8 Å². The number of rotatable bonds is 6.